The second-order valence-electron chi connectivity index (χ2n) is 10.0. The molecule has 0 saturated carbocycles. The monoisotopic (exact) mass is 620 g/mol. The Kier molecular flexibility index (Phi) is 8.83. The number of rotatable bonds is 6. The first-order chi connectivity index (χ1) is 21.5. The van der Waals surface area contributed by atoms with Crippen molar-refractivity contribution in [3.8, 4) is 22.8 Å². The van der Waals surface area contributed by atoms with Crippen LogP contribution in [0.1, 0.15) is 33.2 Å². The van der Waals surface area contributed by atoms with E-state index in [0.29, 0.717) is 25.1 Å². The van der Waals surface area contributed by atoms with Crippen molar-refractivity contribution < 1.29 is 37.3 Å². The molecule has 0 fully saturated rings. The van der Waals surface area contributed by atoms with Crippen LogP contribution in [0.15, 0.2) is 72.9 Å². The van der Waals surface area contributed by atoms with E-state index in [1.165, 1.54) is 0 Å². The number of anilines is 1. The smallest absolute Gasteiger partial charge is 0.490 e. The molecule has 232 valence electrons. The number of hydrogen-bond acceptors (Lipinski definition) is 8. The van der Waals surface area contributed by atoms with Crippen molar-refractivity contribution in [1.29, 1.82) is 0 Å². The van der Waals surface area contributed by atoms with Crippen LogP contribution in [0.5, 0.6) is 11.5 Å². The number of nitrogen functional groups attached to an aromatic ring is 1. The summed E-state index contributed by atoms with van der Waals surface area (Å²) in [4.78, 5) is 38.3. The highest BCUT2D eigenvalue weighted by Gasteiger charge is 2.38. The molecule has 6 rings (SSSR count). The number of fused-ring (bicyclic) bond motifs is 2. The van der Waals surface area contributed by atoms with Gasteiger partial charge in [-0.2, -0.15) is 13.2 Å². The number of nitrogens with zero attached hydrogens (tertiary/aromatic N) is 3. The molecule has 1 aliphatic rings. The highest BCUT2D eigenvalue weighted by atomic mass is 19.4. The average molecular weight is 621 g/mol. The number of imidazole rings is 1. The van der Waals surface area contributed by atoms with Crippen LogP contribution in [0.2, 0.25) is 0 Å². The van der Waals surface area contributed by atoms with Gasteiger partial charge >= 0.3 is 12.1 Å². The Morgan fingerprint density at radius 3 is 2.53 bits per heavy atom. The molecule has 14 heteroatoms. The number of benzene rings is 3. The minimum atomic E-state index is -5.08. The third-order valence-corrected chi connectivity index (χ3v) is 6.94. The normalized spacial score (nSPS) is 14.0. The van der Waals surface area contributed by atoms with Gasteiger partial charge in [0.1, 0.15) is 17.3 Å². The number of carbonyl (C=O) groups is 2. The highest BCUT2D eigenvalue weighted by molar-refractivity contribution is 5.94. The summed E-state index contributed by atoms with van der Waals surface area (Å²) in [5, 5.41) is 10.1. The molecular formula is C31H27F3N6O5. The Hall–Kier alpha value is -5.66. The maximum Gasteiger partial charge on any atom is 0.490 e. The lowest BCUT2D eigenvalue weighted by molar-refractivity contribution is -0.192. The molecule has 1 amide bonds. The van der Waals surface area contributed by atoms with Crippen molar-refractivity contribution in [2.45, 2.75) is 25.1 Å². The summed E-state index contributed by atoms with van der Waals surface area (Å²) in [7, 11) is 1.63. The van der Waals surface area contributed by atoms with Gasteiger partial charge in [0.15, 0.2) is 0 Å². The van der Waals surface area contributed by atoms with Gasteiger partial charge < -0.3 is 30.6 Å². The quantitative estimate of drug-likeness (QED) is 0.207. The number of aromatic amines is 1. The summed E-state index contributed by atoms with van der Waals surface area (Å²) < 4.78 is 43.0. The Morgan fingerprint density at radius 2 is 1.84 bits per heavy atom. The van der Waals surface area contributed by atoms with E-state index in [9.17, 15) is 18.0 Å². The number of aromatic nitrogens is 4. The van der Waals surface area contributed by atoms with Gasteiger partial charge in [-0.15, -0.1) is 0 Å². The predicted octanol–water partition coefficient (Wildman–Crippen LogP) is 4.89. The standard InChI is InChI=1S/C29H26N6O3.C2HF3O2/c1-37-22-6-2-17(3-7-22)15-32-28(36)19-5-9-26-20(12-19)13-21(16-38-26)27-33-24-8-4-18(14-25(24)34-27)23-10-11-31-29(30)35-23;3-2(4,5)1(6)7/h2-12,14,21H,13,15-16H2,1H3,(H,32,36)(H,33,34)(H2,30,31,35);(H,6,7). The van der Waals surface area contributed by atoms with Crippen molar-refractivity contribution >= 4 is 28.9 Å². The van der Waals surface area contributed by atoms with Crippen molar-refractivity contribution in [3.05, 3.63) is 95.4 Å². The molecule has 1 unspecified atom stereocenters. The minimum absolute atomic E-state index is 0.0330. The number of H-pyrrole nitrogens is 1. The molecule has 11 nitrogen and oxygen atoms in total. The molecule has 0 bridgehead atoms. The molecule has 5 aromatic rings. The molecule has 1 aliphatic heterocycles. The molecule has 0 spiro atoms. The van der Waals surface area contributed by atoms with E-state index in [0.717, 1.165) is 50.7 Å². The van der Waals surface area contributed by atoms with Gasteiger partial charge in [-0.05, 0) is 66.1 Å². The number of hydrogen-bond donors (Lipinski definition) is 4. The molecule has 2 aromatic heterocycles. The number of alkyl halides is 3. The highest BCUT2D eigenvalue weighted by Crippen LogP contribution is 2.33. The maximum absolute atomic E-state index is 12.9. The molecule has 0 aliphatic carbocycles. The number of carboxylic acid groups (broad SMARTS) is 1. The molecule has 1 atom stereocenters. The van der Waals surface area contributed by atoms with Crippen molar-refractivity contribution in [2.75, 3.05) is 19.5 Å². The van der Waals surface area contributed by atoms with E-state index >= 15 is 0 Å². The lowest BCUT2D eigenvalue weighted by Crippen LogP contribution is -2.24. The Bertz CT molecular complexity index is 1840. The first kappa shape index (κ1) is 30.8. The summed E-state index contributed by atoms with van der Waals surface area (Å²) in [6, 6.07) is 21.0. The SMILES string of the molecule is COc1ccc(CNC(=O)c2ccc3c(c2)CC(c2nc4ccc(-c5ccnc(N)n5)cc4[nH]2)CO3)cc1.O=C(O)C(F)(F)F. The van der Waals surface area contributed by atoms with Gasteiger partial charge in [-0.25, -0.2) is 19.7 Å². The number of methoxy groups -OCH3 is 1. The Labute approximate surface area is 254 Å². The fourth-order valence-electron chi connectivity index (χ4n) is 4.66. The van der Waals surface area contributed by atoms with Crippen molar-refractivity contribution in [2.24, 2.45) is 0 Å². The van der Waals surface area contributed by atoms with Gasteiger partial charge in [-0.1, -0.05) is 18.2 Å². The molecule has 5 N–H and O–H groups in total. The largest absolute Gasteiger partial charge is 0.497 e. The third kappa shape index (κ3) is 7.47. The molecule has 0 radical (unpaired) electrons. The number of carboxylic acids is 1. The van der Waals surface area contributed by atoms with Crippen LogP contribution < -0.4 is 20.5 Å². The van der Waals surface area contributed by atoms with Gasteiger partial charge in [0.2, 0.25) is 5.95 Å². The van der Waals surface area contributed by atoms with Gasteiger partial charge in [-0.3, -0.25) is 4.79 Å². The number of halogens is 3. The number of nitrogens with one attached hydrogen (secondary N) is 2. The lowest BCUT2D eigenvalue weighted by Gasteiger charge is -2.24. The zero-order valence-corrected chi connectivity index (χ0v) is 23.8. The van der Waals surface area contributed by atoms with Gasteiger partial charge in [0.25, 0.3) is 5.91 Å². The van der Waals surface area contributed by atoms with E-state index in [4.69, 9.17) is 30.1 Å². The van der Waals surface area contributed by atoms with Crippen LogP contribution >= 0.6 is 0 Å². The van der Waals surface area contributed by atoms with E-state index < -0.39 is 12.1 Å². The first-order valence-corrected chi connectivity index (χ1v) is 13.6. The van der Waals surface area contributed by atoms with Crippen molar-refractivity contribution in [1.82, 2.24) is 25.3 Å². The number of ether oxygens (including phenoxy) is 2. The minimum Gasteiger partial charge on any atom is -0.497 e. The molecule has 3 aromatic carbocycles. The van der Waals surface area contributed by atoms with Crippen LogP contribution in [0.25, 0.3) is 22.3 Å². The van der Waals surface area contributed by atoms with E-state index in [2.05, 4.69) is 20.3 Å². The second kappa shape index (κ2) is 12.9. The summed E-state index contributed by atoms with van der Waals surface area (Å²) >= 11 is 0. The summed E-state index contributed by atoms with van der Waals surface area (Å²) in [6.07, 6.45) is -2.73. The zero-order chi connectivity index (χ0) is 32.1. The van der Waals surface area contributed by atoms with Crippen molar-refractivity contribution in [3.63, 3.8) is 0 Å². The summed E-state index contributed by atoms with van der Waals surface area (Å²) in [5.41, 5.74) is 11.8. The number of nitrogens with two attached hydrogens (primary N) is 1. The maximum atomic E-state index is 12.9. The van der Waals surface area contributed by atoms with Gasteiger partial charge in [0.05, 0.1) is 36.4 Å². The molecule has 3 heterocycles. The number of amides is 1. The first-order valence-electron chi connectivity index (χ1n) is 13.6. The van der Waals surface area contributed by atoms with Crippen LogP contribution in [0.3, 0.4) is 0 Å². The Balaban J connectivity index is 0.000000515. The van der Waals surface area contributed by atoms with Crippen LogP contribution in [0.4, 0.5) is 19.1 Å². The molecule has 0 saturated heterocycles. The number of aliphatic carboxylic acids is 1. The third-order valence-electron chi connectivity index (χ3n) is 6.94. The lowest BCUT2D eigenvalue weighted by atomic mass is 9.94. The fourth-order valence-corrected chi connectivity index (χ4v) is 4.66. The zero-order valence-electron chi connectivity index (χ0n) is 23.8. The molecular weight excluding hydrogens is 593 g/mol. The second-order valence-corrected chi connectivity index (χ2v) is 10.0. The summed E-state index contributed by atoms with van der Waals surface area (Å²) in [6.45, 7) is 0.937. The molecule has 45 heavy (non-hydrogen) atoms. The number of carbonyl (C=O) groups excluding carboxylic acids is 1. The van der Waals surface area contributed by atoms with Crippen LogP contribution in [-0.2, 0) is 17.8 Å². The van der Waals surface area contributed by atoms with E-state index in [1.807, 2.05) is 60.7 Å². The van der Waals surface area contributed by atoms with Crippen LogP contribution in [0, 0.1) is 0 Å². The summed E-state index contributed by atoms with van der Waals surface area (Å²) in [5.74, 6) is -0.192. The van der Waals surface area contributed by atoms with Crippen LogP contribution in [-0.4, -0.2) is 56.8 Å². The average Bonchev–Trinajstić information content (AvgIpc) is 3.47. The van der Waals surface area contributed by atoms with E-state index in [1.54, 1.807) is 19.4 Å². The van der Waals surface area contributed by atoms with E-state index in [-0.39, 0.29) is 17.8 Å². The fraction of sp³-hybridized carbons (Fsp3) is 0.194. The predicted molar refractivity (Wildman–Crippen MR) is 158 cm³/mol. The van der Waals surface area contributed by atoms with Gasteiger partial charge in [0, 0.05) is 23.9 Å². The Morgan fingerprint density at radius 1 is 1.09 bits per heavy atom. The topological polar surface area (TPSA) is 165 Å².